The third kappa shape index (κ3) is 1.79. The van der Waals surface area contributed by atoms with Gasteiger partial charge in [-0.15, -0.1) is 0 Å². The van der Waals surface area contributed by atoms with Gasteiger partial charge in [-0.25, -0.2) is 0 Å². The molecule has 2 rings (SSSR count). The molecule has 1 aromatic carbocycles. The lowest BCUT2D eigenvalue weighted by atomic mass is 10.1. The van der Waals surface area contributed by atoms with E-state index in [1.165, 1.54) is 0 Å². The smallest absolute Gasteiger partial charge is 0.244 e. The van der Waals surface area contributed by atoms with Crippen molar-refractivity contribution in [1.82, 2.24) is 0 Å². The number of rotatable bonds is 3. The predicted molar refractivity (Wildman–Crippen MR) is 61.7 cm³/mol. The van der Waals surface area contributed by atoms with Gasteiger partial charge in [-0.05, 0) is 30.9 Å². The molecular formula is C13H14N2O. The highest BCUT2D eigenvalue weighted by Gasteiger charge is 2.50. The molecule has 0 aromatic heterocycles. The molecule has 16 heavy (non-hydrogen) atoms. The summed E-state index contributed by atoms with van der Waals surface area (Å²) in [6.07, 6.45) is 2.24. The van der Waals surface area contributed by atoms with Gasteiger partial charge in [0.05, 0.1) is 6.07 Å². The van der Waals surface area contributed by atoms with Gasteiger partial charge in [0.15, 0.2) is 0 Å². The number of para-hydroxylation sites is 1. The third-order valence-electron chi connectivity index (χ3n) is 3.05. The van der Waals surface area contributed by atoms with Crippen LogP contribution in [-0.4, -0.2) is 5.91 Å². The van der Waals surface area contributed by atoms with Crippen molar-refractivity contribution < 1.29 is 4.79 Å². The van der Waals surface area contributed by atoms with E-state index in [9.17, 15) is 4.79 Å². The average Bonchev–Trinajstić information content (AvgIpc) is 3.10. The minimum atomic E-state index is -0.749. The Hall–Kier alpha value is -1.82. The topological polar surface area (TPSA) is 52.9 Å². The number of carbonyl (C=O) groups excluding carboxylic acids is 1. The summed E-state index contributed by atoms with van der Waals surface area (Å²) < 4.78 is 0. The van der Waals surface area contributed by atoms with E-state index in [1.807, 2.05) is 31.2 Å². The molecule has 0 unspecified atom stereocenters. The van der Waals surface area contributed by atoms with Crippen LogP contribution in [0.25, 0.3) is 0 Å². The zero-order valence-corrected chi connectivity index (χ0v) is 9.29. The molecule has 0 atom stereocenters. The predicted octanol–water partition coefficient (Wildman–Crippen LogP) is 2.49. The van der Waals surface area contributed by atoms with Crippen LogP contribution in [0.5, 0.6) is 0 Å². The number of nitriles is 1. The number of anilines is 1. The summed E-state index contributed by atoms with van der Waals surface area (Å²) in [6.45, 7) is 2.04. The first-order valence-electron chi connectivity index (χ1n) is 5.52. The summed E-state index contributed by atoms with van der Waals surface area (Å²) in [7, 11) is 0. The van der Waals surface area contributed by atoms with E-state index in [-0.39, 0.29) is 5.91 Å². The number of hydrogen-bond acceptors (Lipinski definition) is 2. The molecule has 3 nitrogen and oxygen atoms in total. The largest absolute Gasteiger partial charge is 0.324 e. The molecule has 0 radical (unpaired) electrons. The summed E-state index contributed by atoms with van der Waals surface area (Å²) in [4.78, 5) is 11.9. The number of nitrogens with zero attached hydrogens (tertiary/aromatic N) is 1. The van der Waals surface area contributed by atoms with Gasteiger partial charge in [0, 0.05) is 5.69 Å². The van der Waals surface area contributed by atoms with Crippen LogP contribution in [0.4, 0.5) is 5.69 Å². The van der Waals surface area contributed by atoms with Crippen molar-refractivity contribution in [2.45, 2.75) is 26.2 Å². The van der Waals surface area contributed by atoms with E-state index in [2.05, 4.69) is 11.4 Å². The van der Waals surface area contributed by atoms with Crippen molar-refractivity contribution in [1.29, 1.82) is 5.26 Å². The van der Waals surface area contributed by atoms with Crippen LogP contribution in [0, 0.1) is 16.7 Å². The molecule has 0 heterocycles. The molecule has 0 aliphatic heterocycles. The summed E-state index contributed by atoms with van der Waals surface area (Å²) in [5.41, 5.74) is 1.18. The van der Waals surface area contributed by atoms with E-state index >= 15 is 0 Å². The molecule has 1 aliphatic carbocycles. The zero-order chi connectivity index (χ0) is 11.6. The minimum Gasteiger partial charge on any atom is -0.324 e. The Kier molecular flexibility index (Phi) is 2.66. The summed E-state index contributed by atoms with van der Waals surface area (Å²) in [5.74, 6) is -0.157. The van der Waals surface area contributed by atoms with E-state index in [4.69, 9.17) is 5.26 Å². The van der Waals surface area contributed by atoms with Crippen LogP contribution in [0.3, 0.4) is 0 Å². The molecule has 1 N–H and O–H groups in total. The van der Waals surface area contributed by atoms with Crippen molar-refractivity contribution in [2.24, 2.45) is 5.41 Å². The van der Waals surface area contributed by atoms with Crippen LogP contribution >= 0.6 is 0 Å². The first-order chi connectivity index (χ1) is 7.72. The number of aryl methyl sites for hydroxylation is 1. The van der Waals surface area contributed by atoms with E-state index < -0.39 is 5.41 Å². The first-order valence-corrected chi connectivity index (χ1v) is 5.52. The van der Waals surface area contributed by atoms with Gasteiger partial charge in [0.25, 0.3) is 0 Å². The van der Waals surface area contributed by atoms with E-state index in [0.717, 1.165) is 17.7 Å². The molecule has 82 valence electrons. The SMILES string of the molecule is CCc1ccccc1NC(=O)C1(C#N)CC1. The van der Waals surface area contributed by atoms with Crippen LogP contribution in [0.15, 0.2) is 24.3 Å². The standard InChI is InChI=1S/C13H14N2O/c1-2-10-5-3-4-6-11(10)15-12(16)13(9-14)7-8-13/h3-6H,2,7-8H2,1H3,(H,15,16). The van der Waals surface area contributed by atoms with Crippen LogP contribution in [0.1, 0.15) is 25.3 Å². The van der Waals surface area contributed by atoms with Crippen LogP contribution in [0.2, 0.25) is 0 Å². The molecule has 1 aliphatic rings. The Bertz CT molecular complexity index is 455. The lowest BCUT2D eigenvalue weighted by molar-refractivity contribution is -0.119. The third-order valence-corrected chi connectivity index (χ3v) is 3.05. The summed E-state index contributed by atoms with van der Waals surface area (Å²) in [5, 5.41) is 11.8. The van der Waals surface area contributed by atoms with Gasteiger partial charge < -0.3 is 5.32 Å². The molecule has 0 saturated heterocycles. The second-order valence-corrected chi connectivity index (χ2v) is 4.16. The normalized spacial score (nSPS) is 16.2. The quantitative estimate of drug-likeness (QED) is 0.840. The van der Waals surface area contributed by atoms with Crippen LogP contribution in [-0.2, 0) is 11.2 Å². The Labute approximate surface area is 95.1 Å². The zero-order valence-electron chi connectivity index (χ0n) is 9.29. The molecule has 0 bridgehead atoms. The van der Waals surface area contributed by atoms with Crippen LogP contribution < -0.4 is 5.32 Å². The van der Waals surface area contributed by atoms with Crippen molar-refractivity contribution in [3.8, 4) is 6.07 Å². The number of hydrogen-bond donors (Lipinski definition) is 1. The fourth-order valence-corrected chi connectivity index (χ4v) is 1.71. The maximum Gasteiger partial charge on any atom is 0.244 e. The van der Waals surface area contributed by atoms with Gasteiger partial charge in [-0.2, -0.15) is 5.26 Å². The maximum atomic E-state index is 11.9. The Morgan fingerprint density at radius 1 is 1.50 bits per heavy atom. The first kappa shape index (κ1) is 10.7. The van der Waals surface area contributed by atoms with Gasteiger partial charge in [0.1, 0.15) is 5.41 Å². The molecule has 0 spiro atoms. The number of carbonyl (C=O) groups is 1. The van der Waals surface area contributed by atoms with Crippen molar-refractivity contribution in [3.05, 3.63) is 29.8 Å². The fraction of sp³-hybridized carbons (Fsp3) is 0.385. The minimum absolute atomic E-state index is 0.157. The molecule has 1 fully saturated rings. The van der Waals surface area contributed by atoms with Crippen molar-refractivity contribution >= 4 is 11.6 Å². The highest BCUT2D eigenvalue weighted by molar-refractivity contribution is 5.99. The molecule has 1 saturated carbocycles. The molecule has 1 aromatic rings. The summed E-state index contributed by atoms with van der Waals surface area (Å²) >= 11 is 0. The monoisotopic (exact) mass is 214 g/mol. The maximum absolute atomic E-state index is 11.9. The fourth-order valence-electron chi connectivity index (χ4n) is 1.71. The van der Waals surface area contributed by atoms with E-state index in [1.54, 1.807) is 0 Å². The van der Waals surface area contributed by atoms with Gasteiger partial charge in [-0.3, -0.25) is 4.79 Å². The van der Waals surface area contributed by atoms with E-state index in [0.29, 0.717) is 12.8 Å². The Morgan fingerprint density at radius 2 is 2.19 bits per heavy atom. The van der Waals surface area contributed by atoms with Crippen molar-refractivity contribution in [2.75, 3.05) is 5.32 Å². The number of amides is 1. The summed E-state index contributed by atoms with van der Waals surface area (Å²) in [6, 6.07) is 9.80. The lowest BCUT2D eigenvalue weighted by Gasteiger charge is -2.11. The molecule has 3 heteroatoms. The number of nitrogens with one attached hydrogen (secondary N) is 1. The number of benzene rings is 1. The highest BCUT2D eigenvalue weighted by Crippen LogP contribution is 2.45. The molecule has 1 amide bonds. The average molecular weight is 214 g/mol. The van der Waals surface area contributed by atoms with Gasteiger partial charge in [0.2, 0.25) is 5.91 Å². The highest BCUT2D eigenvalue weighted by atomic mass is 16.2. The lowest BCUT2D eigenvalue weighted by Crippen LogP contribution is -2.23. The molecular weight excluding hydrogens is 200 g/mol. The van der Waals surface area contributed by atoms with Gasteiger partial charge >= 0.3 is 0 Å². The Morgan fingerprint density at radius 3 is 2.75 bits per heavy atom. The van der Waals surface area contributed by atoms with Gasteiger partial charge in [-0.1, -0.05) is 25.1 Å². The second-order valence-electron chi connectivity index (χ2n) is 4.16. The van der Waals surface area contributed by atoms with Crippen molar-refractivity contribution in [3.63, 3.8) is 0 Å². The second kappa shape index (κ2) is 3.97. The Balaban J connectivity index is 2.16.